The summed E-state index contributed by atoms with van der Waals surface area (Å²) in [5.74, 6) is -0.718. The minimum absolute atomic E-state index is 0.0338. The number of carbonyl (C=O) groups excluding carboxylic acids is 1. The van der Waals surface area contributed by atoms with Gasteiger partial charge in [-0.2, -0.15) is 4.98 Å². The second-order valence-corrected chi connectivity index (χ2v) is 5.38. The zero-order valence-electron chi connectivity index (χ0n) is 12.6. The van der Waals surface area contributed by atoms with Crippen LogP contribution in [-0.4, -0.2) is 47.7 Å². The van der Waals surface area contributed by atoms with Crippen molar-refractivity contribution in [2.75, 3.05) is 26.9 Å². The molecule has 0 aliphatic heterocycles. The van der Waals surface area contributed by atoms with Crippen molar-refractivity contribution in [2.45, 2.75) is 0 Å². The van der Waals surface area contributed by atoms with Crippen molar-refractivity contribution in [2.24, 2.45) is 7.05 Å². The Morgan fingerprint density at radius 3 is 2.87 bits per heavy atom. The molecule has 0 amide bonds. The number of rotatable bonds is 7. The zero-order valence-corrected chi connectivity index (χ0v) is 14.2. The predicted octanol–water partition coefficient (Wildman–Crippen LogP) is 1.95. The lowest BCUT2D eigenvalue weighted by molar-refractivity contribution is -0.147. The summed E-state index contributed by atoms with van der Waals surface area (Å²) in [6.07, 6.45) is 0. The molecule has 0 radical (unpaired) electrons. The fourth-order valence-corrected chi connectivity index (χ4v) is 2.06. The van der Waals surface area contributed by atoms with Gasteiger partial charge in [0.05, 0.1) is 12.2 Å². The molecule has 9 heteroatoms. The van der Waals surface area contributed by atoms with Crippen molar-refractivity contribution < 1.29 is 23.4 Å². The van der Waals surface area contributed by atoms with E-state index in [1.807, 2.05) is 0 Å². The number of aromatic nitrogens is 3. The Labute approximate surface area is 140 Å². The van der Waals surface area contributed by atoms with Gasteiger partial charge in [0, 0.05) is 18.6 Å². The number of methoxy groups -OCH3 is 1. The molecule has 0 fully saturated rings. The molecule has 2 aromatic rings. The van der Waals surface area contributed by atoms with Crippen molar-refractivity contribution in [3.63, 3.8) is 0 Å². The summed E-state index contributed by atoms with van der Waals surface area (Å²) in [7, 11) is 3.11. The van der Waals surface area contributed by atoms with E-state index in [1.54, 1.807) is 19.2 Å². The van der Waals surface area contributed by atoms with E-state index >= 15 is 0 Å². The molecule has 23 heavy (non-hydrogen) atoms. The number of ether oxygens (including phenoxy) is 3. The van der Waals surface area contributed by atoms with E-state index in [0.29, 0.717) is 11.1 Å². The number of hydrogen-bond donors (Lipinski definition) is 0. The molecule has 7 nitrogen and oxygen atoms in total. The monoisotopic (exact) mass is 387 g/mol. The summed E-state index contributed by atoms with van der Waals surface area (Å²) in [4.78, 5) is 15.5. The molecule has 124 valence electrons. The van der Waals surface area contributed by atoms with E-state index in [9.17, 15) is 9.18 Å². The molecular weight excluding hydrogens is 373 g/mol. The van der Waals surface area contributed by atoms with Gasteiger partial charge in [0.2, 0.25) is 0 Å². The predicted molar refractivity (Wildman–Crippen MR) is 82.4 cm³/mol. The van der Waals surface area contributed by atoms with Gasteiger partial charge in [-0.3, -0.25) is 0 Å². The average Bonchev–Trinajstić information content (AvgIpc) is 2.86. The number of benzene rings is 1. The zero-order chi connectivity index (χ0) is 16.8. The third-order valence-corrected chi connectivity index (χ3v) is 3.28. The molecule has 1 aromatic heterocycles. The Balaban J connectivity index is 2.02. The van der Waals surface area contributed by atoms with E-state index < -0.39 is 11.8 Å². The van der Waals surface area contributed by atoms with E-state index in [2.05, 4.69) is 26.0 Å². The van der Waals surface area contributed by atoms with Gasteiger partial charge in [-0.25, -0.2) is 13.9 Å². The summed E-state index contributed by atoms with van der Waals surface area (Å²) in [5, 5.41) is 3.99. The van der Waals surface area contributed by atoms with Gasteiger partial charge >= 0.3 is 12.0 Å². The van der Waals surface area contributed by atoms with Crippen molar-refractivity contribution in [3.05, 3.63) is 28.5 Å². The highest BCUT2D eigenvalue weighted by atomic mass is 79.9. The van der Waals surface area contributed by atoms with Crippen LogP contribution in [0.1, 0.15) is 0 Å². The maximum atomic E-state index is 14.0. The van der Waals surface area contributed by atoms with Crippen molar-refractivity contribution in [1.29, 1.82) is 0 Å². The molecule has 0 aliphatic carbocycles. The number of nitrogens with zero attached hydrogens (tertiary/aromatic N) is 3. The van der Waals surface area contributed by atoms with E-state index in [-0.39, 0.29) is 30.6 Å². The third kappa shape index (κ3) is 4.73. The van der Waals surface area contributed by atoms with Gasteiger partial charge in [0.1, 0.15) is 12.4 Å². The largest absolute Gasteiger partial charge is 0.461 e. The molecule has 0 saturated heterocycles. The van der Waals surface area contributed by atoms with Crippen LogP contribution >= 0.6 is 15.9 Å². The maximum absolute atomic E-state index is 14.0. The van der Waals surface area contributed by atoms with Crippen LogP contribution in [0.25, 0.3) is 11.4 Å². The number of hydrogen-bond acceptors (Lipinski definition) is 6. The van der Waals surface area contributed by atoms with Gasteiger partial charge < -0.3 is 14.2 Å². The van der Waals surface area contributed by atoms with Crippen LogP contribution in [0.15, 0.2) is 22.7 Å². The molecule has 0 atom stereocenters. The Bertz CT molecular complexity index is 693. The lowest BCUT2D eigenvalue weighted by atomic mass is 10.2. The highest BCUT2D eigenvalue weighted by molar-refractivity contribution is 9.10. The second-order valence-electron chi connectivity index (χ2n) is 4.47. The summed E-state index contributed by atoms with van der Waals surface area (Å²) in [6.45, 7) is 0.111. The van der Waals surface area contributed by atoms with Crippen LogP contribution in [0.4, 0.5) is 4.39 Å². The van der Waals surface area contributed by atoms with E-state index in [0.717, 1.165) is 0 Å². The first-order valence-corrected chi connectivity index (χ1v) is 7.44. The Morgan fingerprint density at radius 2 is 2.17 bits per heavy atom. The standard InChI is InChI=1S/C14H15BrFN3O4/c1-19-13(10-4-3-9(15)7-11(10)16)17-14(18-19)23-8-12(20)22-6-5-21-2/h3-4,7H,5-6,8H2,1-2H3. The van der Waals surface area contributed by atoms with Crippen LogP contribution in [0.3, 0.4) is 0 Å². The molecule has 0 saturated carbocycles. The van der Waals surface area contributed by atoms with Gasteiger partial charge in [-0.1, -0.05) is 15.9 Å². The summed E-state index contributed by atoms with van der Waals surface area (Å²) in [6, 6.07) is 4.57. The molecule has 0 N–H and O–H groups in total. The van der Waals surface area contributed by atoms with E-state index in [1.165, 1.54) is 17.9 Å². The van der Waals surface area contributed by atoms with E-state index in [4.69, 9.17) is 14.2 Å². The summed E-state index contributed by atoms with van der Waals surface area (Å²) >= 11 is 3.19. The molecule has 0 spiro atoms. The summed E-state index contributed by atoms with van der Waals surface area (Å²) < 4.78 is 30.7. The van der Waals surface area contributed by atoms with Crippen LogP contribution in [-0.2, 0) is 21.3 Å². The van der Waals surface area contributed by atoms with Gasteiger partial charge in [0.25, 0.3) is 0 Å². The molecule has 0 aliphatic rings. The van der Waals surface area contributed by atoms with Gasteiger partial charge in [-0.05, 0) is 18.2 Å². The Morgan fingerprint density at radius 1 is 1.39 bits per heavy atom. The van der Waals surface area contributed by atoms with Crippen LogP contribution < -0.4 is 4.74 Å². The maximum Gasteiger partial charge on any atom is 0.344 e. The minimum atomic E-state index is -0.564. The fourth-order valence-electron chi connectivity index (χ4n) is 1.73. The number of carbonyl (C=O) groups is 1. The smallest absolute Gasteiger partial charge is 0.344 e. The molecule has 0 bridgehead atoms. The Hall–Kier alpha value is -2.00. The Kier molecular flexibility index (Phi) is 6.05. The first-order valence-electron chi connectivity index (χ1n) is 6.65. The third-order valence-electron chi connectivity index (χ3n) is 2.79. The molecule has 1 heterocycles. The lowest BCUT2D eigenvalue weighted by Crippen LogP contribution is -2.17. The van der Waals surface area contributed by atoms with Crippen molar-refractivity contribution >= 4 is 21.9 Å². The normalized spacial score (nSPS) is 10.6. The number of esters is 1. The van der Waals surface area contributed by atoms with Crippen LogP contribution in [0.2, 0.25) is 0 Å². The average molecular weight is 388 g/mol. The van der Waals surface area contributed by atoms with Gasteiger partial charge in [0.15, 0.2) is 12.4 Å². The fraction of sp³-hybridized carbons (Fsp3) is 0.357. The molecule has 0 unspecified atom stereocenters. The second kappa shape index (κ2) is 8.02. The number of halogens is 2. The summed E-state index contributed by atoms with van der Waals surface area (Å²) in [5.41, 5.74) is 0.278. The highest BCUT2D eigenvalue weighted by Crippen LogP contribution is 2.25. The van der Waals surface area contributed by atoms with Crippen LogP contribution in [0.5, 0.6) is 6.01 Å². The number of aryl methyl sites for hydroxylation is 1. The first kappa shape index (κ1) is 17.4. The van der Waals surface area contributed by atoms with Crippen molar-refractivity contribution in [3.8, 4) is 17.4 Å². The molecule has 1 aromatic carbocycles. The minimum Gasteiger partial charge on any atom is -0.461 e. The quantitative estimate of drug-likeness (QED) is 0.533. The van der Waals surface area contributed by atoms with Crippen LogP contribution in [0, 0.1) is 5.82 Å². The van der Waals surface area contributed by atoms with Crippen molar-refractivity contribution in [1.82, 2.24) is 14.8 Å². The first-order chi connectivity index (χ1) is 11.0. The topological polar surface area (TPSA) is 75.5 Å². The SMILES string of the molecule is COCCOC(=O)COc1nc(-c2ccc(Br)cc2F)n(C)n1. The molecular formula is C14H15BrFN3O4. The molecule has 2 rings (SSSR count). The lowest BCUT2D eigenvalue weighted by Gasteiger charge is -2.03. The van der Waals surface area contributed by atoms with Gasteiger partial charge in [-0.15, -0.1) is 5.10 Å². The highest BCUT2D eigenvalue weighted by Gasteiger charge is 2.15.